The van der Waals surface area contributed by atoms with Crippen molar-refractivity contribution in [3.8, 4) is 0 Å². The number of rotatable bonds is 1. The number of hydrogen-bond acceptors (Lipinski definition) is 6. The highest BCUT2D eigenvalue weighted by Crippen LogP contribution is 2.11. The number of fused-ring (bicyclic) bond motifs is 1. The lowest BCUT2D eigenvalue weighted by atomic mass is 10.8. The zero-order chi connectivity index (χ0) is 9.47. The zero-order valence-corrected chi connectivity index (χ0v) is 7.19. The van der Waals surface area contributed by atoms with E-state index < -0.39 is 15.2 Å². The molecular formula is C4H6N6O2S. The van der Waals surface area contributed by atoms with Gasteiger partial charge in [0.05, 0.1) is 6.34 Å². The Morgan fingerprint density at radius 3 is 3.00 bits per heavy atom. The molecule has 1 aromatic rings. The summed E-state index contributed by atoms with van der Waals surface area (Å²) in [4.78, 5) is 7.38. The fourth-order valence-electron chi connectivity index (χ4n) is 0.866. The Labute approximate surface area is 73.5 Å². The number of nitrogens with zero attached hydrogens (tertiary/aromatic N) is 4. The average molecular weight is 202 g/mol. The average Bonchev–Trinajstić information content (AvgIpc) is 2.45. The van der Waals surface area contributed by atoms with E-state index in [4.69, 9.17) is 5.14 Å². The van der Waals surface area contributed by atoms with Crippen LogP contribution in [0.2, 0.25) is 0 Å². The van der Waals surface area contributed by atoms with Crippen LogP contribution in [0.3, 0.4) is 0 Å². The quantitative estimate of drug-likeness (QED) is 0.554. The van der Waals surface area contributed by atoms with Crippen molar-refractivity contribution < 1.29 is 8.42 Å². The van der Waals surface area contributed by atoms with Gasteiger partial charge in [-0.05, 0) is 0 Å². The molecule has 8 nitrogen and oxygen atoms in total. The van der Waals surface area contributed by atoms with Crippen LogP contribution >= 0.6 is 0 Å². The molecule has 1 aliphatic heterocycles. The summed E-state index contributed by atoms with van der Waals surface area (Å²) in [6, 6.07) is 0. The third-order valence-electron chi connectivity index (χ3n) is 1.40. The predicted molar refractivity (Wildman–Crippen MR) is 42.7 cm³/mol. The van der Waals surface area contributed by atoms with Crippen LogP contribution in [0.4, 0.5) is 5.95 Å². The summed E-state index contributed by atoms with van der Waals surface area (Å²) >= 11 is 0. The Balaban J connectivity index is 2.55. The lowest BCUT2D eigenvalue weighted by molar-refractivity contribution is 0.558. The fourth-order valence-corrected chi connectivity index (χ4v) is 1.29. The van der Waals surface area contributed by atoms with Gasteiger partial charge in [-0.25, -0.2) is 23.2 Å². The molecule has 0 saturated carbocycles. The number of nitrogens with two attached hydrogens (primary N) is 1. The van der Waals surface area contributed by atoms with Crippen molar-refractivity contribution in [3.05, 3.63) is 0 Å². The van der Waals surface area contributed by atoms with Gasteiger partial charge < -0.3 is 5.32 Å². The normalized spacial score (nSPS) is 15.2. The van der Waals surface area contributed by atoms with Crippen LogP contribution < -0.4 is 10.5 Å². The van der Waals surface area contributed by atoms with Crippen molar-refractivity contribution in [2.45, 2.75) is 11.8 Å². The Morgan fingerprint density at radius 2 is 2.38 bits per heavy atom. The second kappa shape index (κ2) is 2.50. The van der Waals surface area contributed by atoms with Crippen LogP contribution in [0.15, 0.2) is 10.1 Å². The first-order valence-electron chi connectivity index (χ1n) is 3.31. The highest BCUT2D eigenvalue weighted by molar-refractivity contribution is 7.89. The molecule has 0 saturated heterocycles. The van der Waals surface area contributed by atoms with E-state index in [9.17, 15) is 8.42 Å². The number of aromatic nitrogens is 3. The maximum Gasteiger partial charge on any atom is 0.283 e. The van der Waals surface area contributed by atoms with Crippen LogP contribution in [0.1, 0.15) is 0 Å². The van der Waals surface area contributed by atoms with E-state index in [-0.39, 0.29) is 5.95 Å². The van der Waals surface area contributed by atoms with Gasteiger partial charge in [0.25, 0.3) is 21.1 Å². The maximum atomic E-state index is 10.8. The van der Waals surface area contributed by atoms with Crippen LogP contribution in [0, 0.1) is 0 Å². The van der Waals surface area contributed by atoms with E-state index in [1.165, 1.54) is 11.0 Å². The first-order valence-corrected chi connectivity index (χ1v) is 4.85. The molecular weight excluding hydrogens is 196 g/mol. The molecule has 2 rings (SSSR count). The molecule has 0 spiro atoms. The van der Waals surface area contributed by atoms with Crippen LogP contribution in [0.25, 0.3) is 0 Å². The smallest absolute Gasteiger partial charge is 0.283 e. The van der Waals surface area contributed by atoms with Crippen molar-refractivity contribution in [1.82, 2.24) is 20.1 Å². The molecule has 0 aromatic carbocycles. The fraction of sp³-hybridized carbons (Fsp3) is 0.250. The summed E-state index contributed by atoms with van der Waals surface area (Å²) in [6.45, 7) is 0.335. The minimum atomic E-state index is -3.84. The highest BCUT2D eigenvalue weighted by atomic mass is 32.2. The van der Waals surface area contributed by atoms with Gasteiger partial charge in [0, 0.05) is 0 Å². The number of nitrogens with one attached hydrogen (secondary N) is 1. The Hall–Kier alpha value is -1.48. The van der Waals surface area contributed by atoms with E-state index in [1.807, 2.05) is 0 Å². The number of sulfonamides is 1. The lowest BCUT2D eigenvalue weighted by Gasteiger charge is -2.05. The van der Waals surface area contributed by atoms with Crippen LogP contribution in [-0.4, -0.2) is 29.5 Å². The number of aliphatic imine (C=N–C) groups is 1. The third-order valence-corrected chi connectivity index (χ3v) is 2.08. The first kappa shape index (κ1) is 8.13. The van der Waals surface area contributed by atoms with Crippen molar-refractivity contribution in [3.63, 3.8) is 0 Å². The molecule has 3 N–H and O–H groups in total. The molecule has 0 fully saturated rings. The largest absolute Gasteiger partial charge is 0.357 e. The minimum absolute atomic E-state index is 0.225. The molecule has 13 heavy (non-hydrogen) atoms. The van der Waals surface area contributed by atoms with Gasteiger partial charge in [0.15, 0.2) is 0 Å². The predicted octanol–water partition coefficient (Wildman–Crippen LogP) is -1.85. The first-order chi connectivity index (χ1) is 6.07. The summed E-state index contributed by atoms with van der Waals surface area (Å²) in [6.07, 6.45) is 1.41. The van der Waals surface area contributed by atoms with Gasteiger partial charge >= 0.3 is 0 Å². The Morgan fingerprint density at radius 1 is 1.62 bits per heavy atom. The Kier molecular flexibility index (Phi) is 1.57. The molecule has 2 heterocycles. The Bertz CT molecular complexity index is 459. The van der Waals surface area contributed by atoms with E-state index in [0.29, 0.717) is 6.67 Å². The van der Waals surface area contributed by atoms with Crippen LogP contribution in [-0.2, 0) is 16.7 Å². The van der Waals surface area contributed by atoms with E-state index >= 15 is 0 Å². The molecule has 0 amide bonds. The maximum absolute atomic E-state index is 10.8. The van der Waals surface area contributed by atoms with Gasteiger partial charge in [-0.2, -0.15) is 4.98 Å². The molecule has 1 aliphatic rings. The van der Waals surface area contributed by atoms with Crippen molar-refractivity contribution >= 4 is 22.3 Å². The van der Waals surface area contributed by atoms with Gasteiger partial charge in [0.2, 0.25) is 0 Å². The molecule has 0 aliphatic carbocycles. The van der Waals surface area contributed by atoms with Crippen molar-refractivity contribution in [1.29, 1.82) is 0 Å². The molecule has 9 heteroatoms. The minimum Gasteiger partial charge on any atom is -0.357 e. The monoisotopic (exact) mass is 202 g/mol. The third kappa shape index (κ3) is 1.38. The second-order valence-corrected chi connectivity index (χ2v) is 3.81. The molecule has 1 aromatic heterocycles. The van der Waals surface area contributed by atoms with E-state index in [2.05, 4.69) is 20.4 Å². The zero-order valence-electron chi connectivity index (χ0n) is 6.38. The summed E-state index contributed by atoms with van der Waals surface area (Å²) in [5, 5.41) is 10.8. The summed E-state index contributed by atoms with van der Waals surface area (Å²) in [5.41, 5.74) is 0. The molecule has 0 bridgehead atoms. The molecule has 0 unspecified atom stereocenters. The summed E-state index contributed by atoms with van der Waals surface area (Å²) in [5.74, 6) is 0.225. The highest BCUT2D eigenvalue weighted by Gasteiger charge is 2.18. The van der Waals surface area contributed by atoms with E-state index in [1.54, 1.807) is 0 Å². The lowest BCUT2D eigenvalue weighted by Crippen LogP contribution is -2.21. The standard InChI is InChI=1S/C4H6N6O2S/c5-13(11,12)4-8-3-7-1-6-2-10(3)9-4/h1H,2H2,(H2,5,11,12)(H,6,7,8,9). The van der Waals surface area contributed by atoms with Crippen molar-refractivity contribution in [2.75, 3.05) is 0 Å². The summed E-state index contributed by atoms with van der Waals surface area (Å²) < 4.78 is 22.9. The number of hydrogen-bond donors (Lipinski definition) is 2. The molecule has 0 radical (unpaired) electrons. The van der Waals surface area contributed by atoms with E-state index in [0.717, 1.165) is 0 Å². The SMILES string of the molecule is NS(=O)(=O)c1nc2n(n1)CNC=N2. The van der Waals surface area contributed by atoms with Gasteiger partial charge in [-0.1, -0.05) is 0 Å². The topological polar surface area (TPSA) is 115 Å². The van der Waals surface area contributed by atoms with Gasteiger partial charge in [-0.15, -0.1) is 5.10 Å². The second-order valence-electron chi connectivity index (χ2n) is 2.36. The summed E-state index contributed by atoms with van der Waals surface area (Å²) in [7, 11) is -3.84. The van der Waals surface area contributed by atoms with Crippen molar-refractivity contribution in [2.24, 2.45) is 10.1 Å². The molecule has 0 atom stereocenters. The van der Waals surface area contributed by atoms with Crippen LogP contribution in [0.5, 0.6) is 0 Å². The molecule has 70 valence electrons. The van der Waals surface area contributed by atoms with Gasteiger partial charge in [-0.3, -0.25) is 0 Å². The van der Waals surface area contributed by atoms with Gasteiger partial charge in [0.1, 0.15) is 6.67 Å². The number of primary sulfonamides is 1.